The Hall–Kier alpha value is -3.85. The van der Waals surface area contributed by atoms with Gasteiger partial charge in [-0.05, 0) is 76.6 Å². The van der Waals surface area contributed by atoms with Gasteiger partial charge < -0.3 is 15.0 Å². The molecule has 0 aromatic heterocycles. The summed E-state index contributed by atoms with van der Waals surface area (Å²) in [5.41, 5.74) is 3.07. The zero-order chi connectivity index (χ0) is 28.7. The zero-order valence-electron chi connectivity index (χ0n) is 23.3. The molecule has 1 N–H and O–H groups in total. The van der Waals surface area contributed by atoms with E-state index in [1.54, 1.807) is 43.3 Å². The molecule has 0 bridgehead atoms. The fourth-order valence-electron chi connectivity index (χ4n) is 4.11. The molecule has 0 saturated heterocycles. The van der Waals surface area contributed by atoms with Crippen LogP contribution in [0.2, 0.25) is 0 Å². The molecule has 8 nitrogen and oxygen atoms in total. The monoisotopic (exact) mass is 551 g/mol. The summed E-state index contributed by atoms with van der Waals surface area (Å²) in [6, 6.07) is 19.6. The molecular formula is C30H37N3O5S. The van der Waals surface area contributed by atoms with Gasteiger partial charge in [0.1, 0.15) is 18.3 Å². The van der Waals surface area contributed by atoms with Gasteiger partial charge in [0.05, 0.1) is 17.7 Å². The summed E-state index contributed by atoms with van der Waals surface area (Å²) in [5, 5.41) is 2.86. The predicted molar refractivity (Wildman–Crippen MR) is 153 cm³/mol. The number of methoxy groups -OCH3 is 1. The van der Waals surface area contributed by atoms with Crippen LogP contribution in [0.1, 0.15) is 37.5 Å². The van der Waals surface area contributed by atoms with Gasteiger partial charge in [0, 0.05) is 12.6 Å². The SMILES string of the molecule is COc1ccc(N(CC(=O)N(Cc2cccc(C)c2)[C@H](C)C(=O)NC(C)C)S(=O)(=O)c2ccc(C)cc2)cc1. The van der Waals surface area contributed by atoms with Gasteiger partial charge in [-0.1, -0.05) is 47.5 Å². The maximum atomic E-state index is 13.9. The van der Waals surface area contributed by atoms with E-state index in [0.717, 1.165) is 21.0 Å². The van der Waals surface area contributed by atoms with Gasteiger partial charge in [-0.15, -0.1) is 0 Å². The molecule has 1 atom stereocenters. The molecule has 0 aliphatic heterocycles. The Labute approximate surface area is 231 Å². The first-order chi connectivity index (χ1) is 18.4. The maximum Gasteiger partial charge on any atom is 0.264 e. The highest BCUT2D eigenvalue weighted by Crippen LogP contribution is 2.27. The minimum atomic E-state index is -4.12. The Bertz CT molecular complexity index is 1390. The summed E-state index contributed by atoms with van der Waals surface area (Å²) in [7, 11) is -2.60. The number of hydrogen-bond donors (Lipinski definition) is 1. The number of hydrogen-bond acceptors (Lipinski definition) is 5. The van der Waals surface area contributed by atoms with Crippen LogP contribution >= 0.6 is 0 Å². The number of nitrogens with one attached hydrogen (secondary N) is 1. The van der Waals surface area contributed by atoms with E-state index in [0.29, 0.717) is 11.4 Å². The molecule has 0 fully saturated rings. The van der Waals surface area contributed by atoms with E-state index in [4.69, 9.17) is 4.74 Å². The Morgan fingerprint density at radius 2 is 1.54 bits per heavy atom. The van der Waals surface area contributed by atoms with Crippen LogP contribution in [-0.2, 0) is 26.2 Å². The Kier molecular flexibility index (Phi) is 9.75. The second-order valence-electron chi connectivity index (χ2n) is 9.87. The summed E-state index contributed by atoms with van der Waals surface area (Å²) >= 11 is 0. The first kappa shape index (κ1) is 29.7. The number of carbonyl (C=O) groups is 2. The quantitative estimate of drug-likeness (QED) is 0.380. The number of sulfonamides is 1. The number of rotatable bonds is 11. The molecule has 0 aliphatic rings. The van der Waals surface area contributed by atoms with E-state index in [1.165, 1.54) is 24.1 Å². The number of anilines is 1. The van der Waals surface area contributed by atoms with Crippen LogP contribution < -0.4 is 14.4 Å². The first-order valence-corrected chi connectivity index (χ1v) is 14.2. The van der Waals surface area contributed by atoms with E-state index in [1.807, 2.05) is 52.0 Å². The van der Waals surface area contributed by atoms with Gasteiger partial charge in [0.15, 0.2) is 0 Å². The van der Waals surface area contributed by atoms with E-state index in [-0.39, 0.29) is 23.4 Å². The van der Waals surface area contributed by atoms with Gasteiger partial charge in [-0.2, -0.15) is 0 Å². The topological polar surface area (TPSA) is 96.0 Å². The van der Waals surface area contributed by atoms with Gasteiger partial charge >= 0.3 is 0 Å². The normalized spacial score (nSPS) is 12.1. The Balaban J connectivity index is 2.03. The Morgan fingerprint density at radius 1 is 0.897 bits per heavy atom. The number of nitrogens with zero attached hydrogens (tertiary/aromatic N) is 2. The standard InChI is InChI=1S/C30H37N3O5S/c1-21(2)31-30(35)24(5)32(19-25-9-7-8-23(4)18-25)29(34)20-33(26-12-14-27(38-6)15-13-26)39(36,37)28-16-10-22(3)11-17-28/h7-18,21,24H,19-20H2,1-6H3,(H,31,35)/t24-/m1/s1. The van der Waals surface area contributed by atoms with Crippen molar-refractivity contribution >= 4 is 27.5 Å². The van der Waals surface area contributed by atoms with Crippen LogP contribution in [0.5, 0.6) is 5.75 Å². The van der Waals surface area contributed by atoms with Crippen molar-refractivity contribution in [2.24, 2.45) is 0 Å². The van der Waals surface area contributed by atoms with Gasteiger partial charge in [0.25, 0.3) is 10.0 Å². The second-order valence-corrected chi connectivity index (χ2v) is 11.7. The van der Waals surface area contributed by atoms with Crippen molar-refractivity contribution in [3.8, 4) is 5.75 Å². The molecule has 208 valence electrons. The highest BCUT2D eigenvalue weighted by molar-refractivity contribution is 7.92. The lowest BCUT2D eigenvalue weighted by Crippen LogP contribution is -2.52. The number of amides is 2. The fourth-order valence-corrected chi connectivity index (χ4v) is 5.52. The third-order valence-electron chi connectivity index (χ3n) is 6.28. The predicted octanol–water partition coefficient (Wildman–Crippen LogP) is 4.45. The number of ether oxygens (including phenoxy) is 1. The lowest BCUT2D eigenvalue weighted by Gasteiger charge is -2.32. The summed E-state index contributed by atoms with van der Waals surface area (Å²) in [5.74, 6) is -0.268. The molecule has 3 aromatic carbocycles. The molecule has 0 heterocycles. The minimum Gasteiger partial charge on any atom is -0.497 e. The lowest BCUT2D eigenvalue weighted by molar-refractivity contribution is -0.139. The highest BCUT2D eigenvalue weighted by atomic mass is 32.2. The molecular weight excluding hydrogens is 514 g/mol. The van der Waals surface area contributed by atoms with Crippen molar-refractivity contribution < 1.29 is 22.7 Å². The lowest BCUT2D eigenvalue weighted by atomic mass is 10.1. The maximum absolute atomic E-state index is 13.9. The van der Waals surface area contributed by atoms with E-state index in [9.17, 15) is 18.0 Å². The molecule has 3 aromatic rings. The van der Waals surface area contributed by atoms with Crippen molar-refractivity contribution in [3.63, 3.8) is 0 Å². The van der Waals surface area contributed by atoms with Crippen LogP contribution in [0, 0.1) is 13.8 Å². The van der Waals surface area contributed by atoms with Crippen LogP contribution in [0.3, 0.4) is 0 Å². The molecule has 39 heavy (non-hydrogen) atoms. The fraction of sp³-hybridized carbons (Fsp3) is 0.333. The van der Waals surface area contributed by atoms with Crippen LogP contribution in [0.25, 0.3) is 0 Å². The second kappa shape index (κ2) is 12.8. The molecule has 0 saturated carbocycles. The highest BCUT2D eigenvalue weighted by Gasteiger charge is 2.32. The van der Waals surface area contributed by atoms with Gasteiger partial charge in [-0.25, -0.2) is 8.42 Å². The first-order valence-electron chi connectivity index (χ1n) is 12.8. The summed E-state index contributed by atoms with van der Waals surface area (Å²) in [6.07, 6.45) is 0. The zero-order valence-corrected chi connectivity index (χ0v) is 24.2. The van der Waals surface area contributed by atoms with E-state index < -0.39 is 28.5 Å². The molecule has 2 amide bonds. The third-order valence-corrected chi connectivity index (χ3v) is 8.07. The minimum absolute atomic E-state index is 0.0625. The smallest absolute Gasteiger partial charge is 0.264 e. The Morgan fingerprint density at radius 3 is 2.10 bits per heavy atom. The van der Waals surface area contributed by atoms with Crippen molar-refractivity contribution in [2.45, 2.75) is 58.1 Å². The van der Waals surface area contributed by atoms with Crippen molar-refractivity contribution in [1.82, 2.24) is 10.2 Å². The molecule has 0 radical (unpaired) electrons. The van der Waals surface area contributed by atoms with E-state index >= 15 is 0 Å². The van der Waals surface area contributed by atoms with Crippen molar-refractivity contribution in [2.75, 3.05) is 18.0 Å². The third kappa shape index (κ3) is 7.60. The van der Waals surface area contributed by atoms with Crippen LogP contribution in [-0.4, -0.2) is 50.9 Å². The molecule has 3 rings (SSSR count). The summed E-state index contributed by atoms with van der Waals surface area (Å²) in [4.78, 5) is 28.4. The van der Waals surface area contributed by atoms with Crippen molar-refractivity contribution in [3.05, 3.63) is 89.5 Å². The van der Waals surface area contributed by atoms with E-state index in [2.05, 4.69) is 5.32 Å². The molecule has 9 heteroatoms. The van der Waals surface area contributed by atoms with Crippen LogP contribution in [0.15, 0.2) is 77.7 Å². The van der Waals surface area contributed by atoms with Gasteiger partial charge in [0.2, 0.25) is 11.8 Å². The largest absolute Gasteiger partial charge is 0.497 e. The number of carbonyl (C=O) groups excluding carboxylic acids is 2. The molecule has 0 spiro atoms. The van der Waals surface area contributed by atoms with Crippen LogP contribution in [0.4, 0.5) is 5.69 Å². The van der Waals surface area contributed by atoms with Gasteiger partial charge in [-0.3, -0.25) is 13.9 Å². The molecule has 0 unspecified atom stereocenters. The number of aryl methyl sites for hydroxylation is 2. The average molecular weight is 552 g/mol. The number of benzene rings is 3. The molecule has 0 aliphatic carbocycles. The average Bonchev–Trinajstić information content (AvgIpc) is 2.89. The van der Waals surface area contributed by atoms with Crippen molar-refractivity contribution in [1.29, 1.82) is 0 Å². The summed E-state index contributed by atoms with van der Waals surface area (Å²) < 4.78 is 34.0. The summed E-state index contributed by atoms with van der Waals surface area (Å²) in [6.45, 7) is 8.81.